The summed E-state index contributed by atoms with van der Waals surface area (Å²) >= 11 is 7.05. The fraction of sp³-hybridized carbons (Fsp3) is 0.148. The number of rotatable bonds is 9. The van der Waals surface area contributed by atoms with Gasteiger partial charge in [-0.15, -0.1) is 0 Å². The van der Waals surface area contributed by atoms with E-state index in [2.05, 4.69) is 0 Å². The summed E-state index contributed by atoms with van der Waals surface area (Å²) in [5.74, 6) is -5.90. The molecular weight excluding hydrogens is 557 g/mol. The molecule has 1 heterocycles. The maximum Gasteiger partial charge on any atom is 0.294 e. The quantitative estimate of drug-likeness (QED) is 0.234. The highest BCUT2D eigenvalue weighted by Gasteiger charge is 2.36. The molecule has 202 valence electrons. The van der Waals surface area contributed by atoms with E-state index in [1.54, 1.807) is 13.0 Å². The molecule has 0 bridgehead atoms. The van der Waals surface area contributed by atoms with Gasteiger partial charge in [0, 0.05) is 0 Å². The number of carbonyl (C=O) groups is 3. The Morgan fingerprint density at radius 3 is 2.51 bits per heavy atom. The van der Waals surface area contributed by atoms with Crippen molar-refractivity contribution in [3.63, 3.8) is 0 Å². The lowest BCUT2D eigenvalue weighted by Gasteiger charge is -2.15. The van der Waals surface area contributed by atoms with Crippen LogP contribution in [0.3, 0.4) is 0 Å². The predicted octanol–water partition coefficient (Wildman–Crippen LogP) is 6.41. The van der Waals surface area contributed by atoms with Crippen LogP contribution in [0.5, 0.6) is 11.5 Å². The van der Waals surface area contributed by atoms with Crippen LogP contribution < -0.4 is 14.8 Å². The highest BCUT2D eigenvalue weighted by molar-refractivity contribution is 8.18. The van der Waals surface area contributed by atoms with Crippen molar-refractivity contribution in [1.29, 1.82) is 0 Å². The first-order valence-corrected chi connectivity index (χ1v) is 12.7. The van der Waals surface area contributed by atoms with Gasteiger partial charge in [0.25, 0.3) is 11.1 Å². The van der Waals surface area contributed by atoms with E-state index in [9.17, 15) is 27.6 Å². The van der Waals surface area contributed by atoms with Crippen molar-refractivity contribution >= 4 is 52.2 Å². The number of nitrogens with one attached hydrogen (secondary N) is 1. The molecule has 0 aromatic heterocycles. The zero-order valence-corrected chi connectivity index (χ0v) is 21.9. The number of halogens is 4. The summed E-state index contributed by atoms with van der Waals surface area (Å²) in [6, 6.07) is 14.0. The summed E-state index contributed by atoms with van der Waals surface area (Å²) in [4.78, 5) is 38.3. The Kier molecular flexibility index (Phi) is 8.82. The second-order valence-corrected chi connectivity index (χ2v) is 9.48. The van der Waals surface area contributed by atoms with Crippen molar-refractivity contribution in [2.24, 2.45) is 0 Å². The fourth-order valence-electron chi connectivity index (χ4n) is 3.55. The molecule has 3 amide bonds. The normalized spacial score (nSPS) is 14.2. The van der Waals surface area contributed by atoms with Gasteiger partial charge in [-0.2, -0.15) is 0 Å². The number of amides is 3. The van der Waals surface area contributed by atoms with E-state index in [-0.39, 0.29) is 16.5 Å². The lowest BCUT2D eigenvalue weighted by molar-refractivity contribution is -0.127. The van der Waals surface area contributed by atoms with Crippen molar-refractivity contribution in [3.8, 4) is 11.5 Å². The zero-order valence-electron chi connectivity index (χ0n) is 20.3. The predicted molar refractivity (Wildman–Crippen MR) is 141 cm³/mol. The molecule has 1 aliphatic rings. The maximum atomic E-state index is 13.9. The third-order valence-electron chi connectivity index (χ3n) is 5.34. The van der Waals surface area contributed by atoms with E-state index in [1.807, 2.05) is 35.6 Å². The van der Waals surface area contributed by atoms with Gasteiger partial charge in [0.2, 0.25) is 5.91 Å². The second-order valence-electron chi connectivity index (χ2n) is 8.08. The highest BCUT2D eigenvalue weighted by atomic mass is 35.5. The van der Waals surface area contributed by atoms with Crippen molar-refractivity contribution in [1.82, 2.24) is 4.90 Å². The monoisotopic (exact) mass is 576 g/mol. The summed E-state index contributed by atoms with van der Waals surface area (Å²) in [6.07, 6.45) is 1.41. The van der Waals surface area contributed by atoms with Crippen LogP contribution in [0.2, 0.25) is 5.02 Å². The molecule has 12 heteroatoms. The average molecular weight is 577 g/mol. The Morgan fingerprint density at radius 2 is 1.79 bits per heavy atom. The molecular formula is C27H20ClF3N2O5S. The van der Waals surface area contributed by atoms with E-state index in [4.69, 9.17) is 21.1 Å². The molecule has 0 aliphatic carbocycles. The lowest BCUT2D eigenvalue weighted by atomic mass is 10.1. The van der Waals surface area contributed by atoms with E-state index in [0.29, 0.717) is 46.4 Å². The minimum absolute atomic E-state index is 0.00303. The van der Waals surface area contributed by atoms with Gasteiger partial charge in [-0.1, -0.05) is 41.9 Å². The Hall–Kier alpha value is -3.96. The zero-order chi connectivity index (χ0) is 28.1. The first-order chi connectivity index (χ1) is 18.7. The SMILES string of the molecule is CCOc1cc(/C=C2\SC(=O)N(CC(=O)Nc3ccc(F)c(F)c3F)C2=O)cc(Cl)c1OCc1ccccc1. The number of benzene rings is 3. The van der Waals surface area contributed by atoms with E-state index < -0.39 is 46.7 Å². The van der Waals surface area contributed by atoms with Crippen LogP contribution in [0, 0.1) is 17.5 Å². The van der Waals surface area contributed by atoms with Crippen molar-refractivity contribution in [3.05, 3.63) is 93.1 Å². The van der Waals surface area contributed by atoms with Gasteiger partial charge in [-0.3, -0.25) is 19.3 Å². The van der Waals surface area contributed by atoms with Crippen molar-refractivity contribution < 1.29 is 37.0 Å². The molecule has 7 nitrogen and oxygen atoms in total. The number of hydrogen-bond donors (Lipinski definition) is 1. The molecule has 4 rings (SSSR count). The van der Waals surface area contributed by atoms with Gasteiger partial charge < -0.3 is 14.8 Å². The third kappa shape index (κ3) is 6.55. The van der Waals surface area contributed by atoms with Gasteiger partial charge >= 0.3 is 0 Å². The maximum absolute atomic E-state index is 13.9. The Bertz CT molecular complexity index is 1470. The molecule has 39 heavy (non-hydrogen) atoms. The van der Waals surface area contributed by atoms with Crippen LogP contribution in [0.4, 0.5) is 23.7 Å². The molecule has 1 saturated heterocycles. The molecule has 1 aliphatic heterocycles. The number of ether oxygens (including phenoxy) is 2. The number of hydrogen-bond acceptors (Lipinski definition) is 6. The van der Waals surface area contributed by atoms with Crippen LogP contribution in [0.25, 0.3) is 6.08 Å². The van der Waals surface area contributed by atoms with E-state index in [1.165, 1.54) is 12.1 Å². The summed E-state index contributed by atoms with van der Waals surface area (Å²) in [6.45, 7) is 1.57. The first-order valence-electron chi connectivity index (χ1n) is 11.5. The molecule has 0 unspecified atom stereocenters. The van der Waals surface area contributed by atoms with Gasteiger partial charge in [-0.05, 0) is 60.2 Å². The minimum atomic E-state index is -1.76. The highest BCUT2D eigenvalue weighted by Crippen LogP contribution is 2.39. The fourth-order valence-corrected chi connectivity index (χ4v) is 4.66. The number of anilines is 1. The lowest BCUT2D eigenvalue weighted by Crippen LogP contribution is -2.36. The minimum Gasteiger partial charge on any atom is -0.490 e. The largest absolute Gasteiger partial charge is 0.490 e. The number of carbonyl (C=O) groups excluding carboxylic acids is 3. The topological polar surface area (TPSA) is 84.9 Å². The Morgan fingerprint density at radius 1 is 1.05 bits per heavy atom. The van der Waals surface area contributed by atoms with Crippen LogP contribution in [0.1, 0.15) is 18.1 Å². The van der Waals surface area contributed by atoms with Gasteiger partial charge in [-0.25, -0.2) is 13.2 Å². The van der Waals surface area contributed by atoms with Crippen LogP contribution in [-0.4, -0.2) is 35.1 Å². The van der Waals surface area contributed by atoms with Crippen molar-refractivity contribution in [2.45, 2.75) is 13.5 Å². The average Bonchev–Trinajstić information content (AvgIpc) is 3.16. The van der Waals surface area contributed by atoms with Crippen LogP contribution in [-0.2, 0) is 16.2 Å². The molecule has 0 radical (unpaired) electrons. The van der Waals surface area contributed by atoms with Gasteiger partial charge in [0.05, 0.1) is 22.2 Å². The molecule has 0 saturated carbocycles. The second kappa shape index (κ2) is 12.3. The van der Waals surface area contributed by atoms with Gasteiger partial charge in [0.15, 0.2) is 29.0 Å². The molecule has 1 fully saturated rings. The number of imide groups is 1. The first kappa shape index (κ1) is 28.1. The Labute approximate surface area is 230 Å². The van der Waals surface area contributed by atoms with Gasteiger partial charge in [0.1, 0.15) is 13.2 Å². The smallest absolute Gasteiger partial charge is 0.294 e. The molecule has 1 N–H and O–H groups in total. The third-order valence-corrected chi connectivity index (χ3v) is 6.53. The molecule has 0 atom stereocenters. The standard InChI is InChI=1S/C27H20ClF3N2O5S/c1-2-37-20-11-16(10-17(28)25(20)38-14-15-6-4-3-5-7-15)12-21-26(35)33(27(36)39-21)13-22(34)32-19-9-8-18(29)23(30)24(19)31/h3-12H,2,13-14H2,1H3,(H,32,34)/b21-12-. The summed E-state index contributed by atoms with van der Waals surface area (Å²) < 4.78 is 51.9. The Balaban J connectivity index is 1.49. The molecule has 3 aromatic carbocycles. The van der Waals surface area contributed by atoms with Crippen LogP contribution in [0.15, 0.2) is 59.5 Å². The van der Waals surface area contributed by atoms with E-state index in [0.717, 1.165) is 11.6 Å². The summed E-state index contributed by atoms with van der Waals surface area (Å²) in [5, 5.41) is 1.50. The van der Waals surface area contributed by atoms with Crippen molar-refractivity contribution in [2.75, 3.05) is 18.5 Å². The number of thioether (sulfide) groups is 1. The molecule has 3 aromatic rings. The molecule has 0 spiro atoms. The van der Waals surface area contributed by atoms with Crippen LogP contribution >= 0.6 is 23.4 Å². The summed E-state index contributed by atoms with van der Waals surface area (Å²) in [7, 11) is 0. The summed E-state index contributed by atoms with van der Waals surface area (Å²) in [5.41, 5.74) is 0.730. The number of nitrogens with zero attached hydrogens (tertiary/aromatic N) is 1. The van der Waals surface area contributed by atoms with E-state index >= 15 is 0 Å².